The number of aryl methyl sites for hydroxylation is 1. The Kier molecular flexibility index (Phi) is 4.25. The van der Waals surface area contributed by atoms with Crippen LogP contribution in [0, 0.1) is 12.7 Å². The van der Waals surface area contributed by atoms with Gasteiger partial charge in [0.2, 0.25) is 0 Å². The molecular formula is C14H11BrClFO. The van der Waals surface area contributed by atoms with Crippen molar-refractivity contribution in [2.75, 3.05) is 0 Å². The van der Waals surface area contributed by atoms with Crippen LogP contribution < -0.4 is 4.74 Å². The first-order valence-corrected chi connectivity index (χ1v) is 6.71. The lowest BCUT2D eigenvalue weighted by atomic mass is 10.2. The Morgan fingerprint density at radius 1 is 1.17 bits per heavy atom. The van der Waals surface area contributed by atoms with Crippen molar-refractivity contribution in [2.45, 2.75) is 12.8 Å². The van der Waals surface area contributed by atoms with Crippen molar-refractivity contribution in [3.05, 3.63) is 57.8 Å². The van der Waals surface area contributed by atoms with Crippen LogP contribution in [0.15, 0.2) is 40.9 Å². The van der Waals surface area contributed by atoms with Gasteiger partial charge in [0.15, 0.2) is 0 Å². The summed E-state index contributed by atoms with van der Waals surface area (Å²) in [5, 5.41) is 0. The van der Waals surface area contributed by atoms with Gasteiger partial charge >= 0.3 is 0 Å². The minimum absolute atomic E-state index is 0.211. The first-order chi connectivity index (χ1) is 8.60. The van der Waals surface area contributed by atoms with E-state index in [9.17, 15) is 4.39 Å². The van der Waals surface area contributed by atoms with Gasteiger partial charge in [-0.1, -0.05) is 15.9 Å². The zero-order chi connectivity index (χ0) is 13.1. The van der Waals surface area contributed by atoms with Gasteiger partial charge in [-0.15, -0.1) is 11.6 Å². The smallest absolute Gasteiger partial charge is 0.132 e. The van der Waals surface area contributed by atoms with E-state index in [2.05, 4.69) is 15.9 Å². The van der Waals surface area contributed by atoms with Crippen LogP contribution >= 0.6 is 27.5 Å². The summed E-state index contributed by atoms with van der Waals surface area (Å²) in [4.78, 5) is 0. The van der Waals surface area contributed by atoms with E-state index in [1.807, 2.05) is 25.1 Å². The number of ether oxygens (including phenoxy) is 1. The molecule has 0 saturated heterocycles. The molecule has 0 amide bonds. The third-order valence-electron chi connectivity index (χ3n) is 2.52. The number of alkyl halides is 1. The third kappa shape index (κ3) is 3.03. The Hall–Kier alpha value is -1.06. The maximum absolute atomic E-state index is 13.1. The maximum Gasteiger partial charge on any atom is 0.132 e. The normalized spacial score (nSPS) is 10.4. The van der Waals surface area contributed by atoms with Crippen LogP contribution in [-0.2, 0) is 5.88 Å². The zero-order valence-electron chi connectivity index (χ0n) is 9.71. The van der Waals surface area contributed by atoms with Gasteiger partial charge in [0.05, 0.1) is 5.88 Å². The highest BCUT2D eigenvalue weighted by molar-refractivity contribution is 9.10. The molecule has 0 spiro atoms. The highest BCUT2D eigenvalue weighted by Gasteiger charge is 2.07. The fourth-order valence-corrected chi connectivity index (χ4v) is 2.28. The van der Waals surface area contributed by atoms with Crippen molar-refractivity contribution < 1.29 is 9.13 Å². The molecule has 0 aromatic heterocycles. The molecular weight excluding hydrogens is 319 g/mol. The van der Waals surface area contributed by atoms with E-state index in [0.29, 0.717) is 11.3 Å². The minimum atomic E-state index is -0.314. The molecule has 0 N–H and O–H groups in total. The fraction of sp³-hybridized carbons (Fsp3) is 0.143. The van der Waals surface area contributed by atoms with Crippen LogP contribution in [0.1, 0.15) is 11.1 Å². The topological polar surface area (TPSA) is 9.23 Å². The van der Waals surface area contributed by atoms with Gasteiger partial charge in [0, 0.05) is 10.0 Å². The van der Waals surface area contributed by atoms with Gasteiger partial charge in [-0.05, 0) is 48.9 Å². The van der Waals surface area contributed by atoms with Crippen LogP contribution in [0.4, 0.5) is 4.39 Å². The molecule has 2 aromatic rings. The predicted octanol–water partition coefficient (Wildman–Crippen LogP) is 5.43. The first kappa shape index (κ1) is 13.4. The molecule has 0 aliphatic rings. The van der Waals surface area contributed by atoms with E-state index in [-0.39, 0.29) is 11.7 Å². The van der Waals surface area contributed by atoms with E-state index < -0.39 is 0 Å². The SMILES string of the molecule is Cc1cc(Br)ccc1Oc1ccc(F)cc1CCl. The predicted molar refractivity (Wildman–Crippen MR) is 74.9 cm³/mol. The van der Waals surface area contributed by atoms with Gasteiger partial charge in [-0.2, -0.15) is 0 Å². The quantitative estimate of drug-likeness (QED) is 0.682. The molecule has 0 atom stereocenters. The van der Waals surface area contributed by atoms with Gasteiger partial charge in [0.1, 0.15) is 17.3 Å². The highest BCUT2D eigenvalue weighted by atomic mass is 79.9. The molecule has 2 aromatic carbocycles. The van der Waals surface area contributed by atoms with Gasteiger partial charge in [-0.25, -0.2) is 4.39 Å². The van der Waals surface area contributed by atoms with E-state index in [0.717, 1.165) is 15.8 Å². The average Bonchev–Trinajstić information content (AvgIpc) is 2.34. The molecule has 0 bridgehead atoms. The molecule has 0 fully saturated rings. The second kappa shape index (κ2) is 5.72. The van der Waals surface area contributed by atoms with E-state index in [1.54, 1.807) is 6.07 Å². The lowest BCUT2D eigenvalue weighted by Crippen LogP contribution is -1.92. The highest BCUT2D eigenvalue weighted by Crippen LogP contribution is 2.30. The summed E-state index contributed by atoms with van der Waals surface area (Å²) in [7, 11) is 0. The average molecular weight is 330 g/mol. The molecule has 18 heavy (non-hydrogen) atoms. The molecule has 0 saturated carbocycles. The Labute approximate surface area is 119 Å². The molecule has 4 heteroatoms. The van der Waals surface area contributed by atoms with E-state index in [4.69, 9.17) is 16.3 Å². The Morgan fingerprint density at radius 3 is 2.56 bits per heavy atom. The van der Waals surface area contributed by atoms with Crippen LogP contribution in [0.3, 0.4) is 0 Å². The number of benzene rings is 2. The van der Waals surface area contributed by atoms with Crippen LogP contribution in [0.5, 0.6) is 11.5 Å². The van der Waals surface area contributed by atoms with Crippen LogP contribution in [0.25, 0.3) is 0 Å². The van der Waals surface area contributed by atoms with Crippen molar-refractivity contribution in [2.24, 2.45) is 0 Å². The Bertz CT molecular complexity index is 572. The summed E-state index contributed by atoms with van der Waals surface area (Å²) in [5.41, 5.74) is 1.63. The molecule has 0 aliphatic heterocycles. The minimum Gasteiger partial charge on any atom is -0.457 e. The van der Waals surface area contributed by atoms with Crippen LogP contribution in [-0.4, -0.2) is 0 Å². The largest absolute Gasteiger partial charge is 0.457 e. The second-order valence-electron chi connectivity index (χ2n) is 3.90. The molecule has 0 heterocycles. The van der Waals surface area contributed by atoms with Crippen molar-refractivity contribution in [3.8, 4) is 11.5 Å². The lowest BCUT2D eigenvalue weighted by molar-refractivity contribution is 0.472. The van der Waals surface area contributed by atoms with Crippen molar-refractivity contribution in [3.63, 3.8) is 0 Å². The van der Waals surface area contributed by atoms with Gasteiger partial charge < -0.3 is 4.74 Å². The summed E-state index contributed by atoms with van der Waals surface area (Å²) >= 11 is 9.17. The molecule has 0 unspecified atom stereocenters. The number of hydrogen-bond acceptors (Lipinski definition) is 1. The van der Waals surface area contributed by atoms with Crippen molar-refractivity contribution in [1.29, 1.82) is 0 Å². The fourth-order valence-electron chi connectivity index (χ4n) is 1.60. The molecule has 0 radical (unpaired) electrons. The standard InChI is InChI=1S/C14H11BrClFO/c1-9-6-11(15)2-4-13(9)18-14-5-3-12(17)7-10(14)8-16/h2-7H,8H2,1H3. The van der Waals surface area contributed by atoms with Crippen LogP contribution in [0.2, 0.25) is 0 Å². The summed E-state index contributed by atoms with van der Waals surface area (Å²) < 4.78 is 19.8. The molecule has 94 valence electrons. The summed E-state index contributed by atoms with van der Waals surface area (Å²) in [5.74, 6) is 1.21. The van der Waals surface area contributed by atoms with E-state index >= 15 is 0 Å². The van der Waals surface area contributed by atoms with Crippen molar-refractivity contribution >= 4 is 27.5 Å². The monoisotopic (exact) mass is 328 g/mol. The van der Waals surface area contributed by atoms with E-state index in [1.165, 1.54) is 12.1 Å². The Balaban J connectivity index is 2.33. The van der Waals surface area contributed by atoms with Crippen molar-refractivity contribution in [1.82, 2.24) is 0 Å². The summed E-state index contributed by atoms with van der Waals surface area (Å²) in [6.07, 6.45) is 0. The number of rotatable bonds is 3. The third-order valence-corrected chi connectivity index (χ3v) is 3.30. The Morgan fingerprint density at radius 2 is 1.89 bits per heavy atom. The molecule has 0 aliphatic carbocycles. The number of halogens is 3. The zero-order valence-corrected chi connectivity index (χ0v) is 12.1. The summed E-state index contributed by atoms with van der Waals surface area (Å²) in [6.45, 7) is 1.95. The van der Waals surface area contributed by atoms with Gasteiger partial charge in [-0.3, -0.25) is 0 Å². The first-order valence-electron chi connectivity index (χ1n) is 5.38. The maximum atomic E-state index is 13.1. The second-order valence-corrected chi connectivity index (χ2v) is 5.08. The molecule has 2 rings (SSSR count). The molecule has 1 nitrogen and oxygen atoms in total. The number of hydrogen-bond donors (Lipinski definition) is 0. The lowest BCUT2D eigenvalue weighted by Gasteiger charge is -2.12. The van der Waals surface area contributed by atoms with Gasteiger partial charge in [0.25, 0.3) is 0 Å². The summed E-state index contributed by atoms with van der Waals surface area (Å²) in [6, 6.07) is 10.1.